The fourth-order valence-electron chi connectivity index (χ4n) is 2.86. The van der Waals surface area contributed by atoms with Crippen LogP contribution in [0.3, 0.4) is 0 Å². The SMILES string of the molecule is Cc1ccc(N=Cc2cccn2-c2ccc3ccccc3c2)cc1Cl. The summed E-state index contributed by atoms with van der Waals surface area (Å²) in [5.41, 5.74) is 4.04. The molecule has 0 aliphatic rings. The third kappa shape index (κ3) is 3.21. The smallest absolute Gasteiger partial charge is 0.0645 e. The van der Waals surface area contributed by atoms with Crippen LogP contribution in [0, 0.1) is 6.92 Å². The Hall–Kier alpha value is -2.84. The molecular formula is C22H17ClN2. The van der Waals surface area contributed by atoms with Crippen LogP contribution in [0.4, 0.5) is 5.69 Å². The number of aliphatic imine (C=N–C) groups is 1. The summed E-state index contributed by atoms with van der Waals surface area (Å²) in [7, 11) is 0. The molecule has 2 nitrogen and oxygen atoms in total. The molecule has 0 aliphatic heterocycles. The minimum atomic E-state index is 0.736. The maximum Gasteiger partial charge on any atom is 0.0645 e. The second-order valence-corrected chi connectivity index (χ2v) is 6.43. The highest BCUT2D eigenvalue weighted by Gasteiger charge is 2.03. The predicted octanol–water partition coefficient (Wildman–Crippen LogP) is 6.34. The summed E-state index contributed by atoms with van der Waals surface area (Å²) in [6, 6.07) is 24.8. The van der Waals surface area contributed by atoms with Crippen molar-refractivity contribution in [1.82, 2.24) is 4.57 Å². The maximum absolute atomic E-state index is 6.18. The second kappa shape index (κ2) is 6.58. The molecule has 0 aliphatic carbocycles. The summed E-state index contributed by atoms with van der Waals surface area (Å²) >= 11 is 6.18. The van der Waals surface area contributed by atoms with Gasteiger partial charge in [0.25, 0.3) is 0 Å². The first kappa shape index (κ1) is 15.7. The minimum absolute atomic E-state index is 0.736. The normalized spacial score (nSPS) is 11.4. The first-order valence-corrected chi connectivity index (χ1v) is 8.55. The number of hydrogen-bond acceptors (Lipinski definition) is 1. The Kier molecular flexibility index (Phi) is 4.12. The van der Waals surface area contributed by atoms with Gasteiger partial charge in [-0.2, -0.15) is 0 Å². The molecule has 0 spiro atoms. The van der Waals surface area contributed by atoms with E-state index in [9.17, 15) is 0 Å². The molecule has 1 heterocycles. The van der Waals surface area contributed by atoms with Crippen molar-refractivity contribution in [1.29, 1.82) is 0 Å². The molecule has 0 bridgehead atoms. The van der Waals surface area contributed by atoms with Gasteiger partial charge < -0.3 is 4.57 Å². The van der Waals surface area contributed by atoms with Gasteiger partial charge in [0.2, 0.25) is 0 Å². The fourth-order valence-corrected chi connectivity index (χ4v) is 3.04. The number of aromatic nitrogens is 1. The second-order valence-electron chi connectivity index (χ2n) is 6.03. The fraction of sp³-hybridized carbons (Fsp3) is 0.0455. The van der Waals surface area contributed by atoms with E-state index >= 15 is 0 Å². The highest BCUT2D eigenvalue weighted by atomic mass is 35.5. The lowest BCUT2D eigenvalue weighted by Crippen LogP contribution is -1.97. The third-order valence-electron chi connectivity index (χ3n) is 4.29. The van der Waals surface area contributed by atoms with Gasteiger partial charge in [0.1, 0.15) is 0 Å². The maximum atomic E-state index is 6.18. The highest BCUT2D eigenvalue weighted by Crippen LogP contribution is 2.23. The van der Waals surface area contributed by atoms with Crippen LogP contribution >= 0.6 is 11.6 Å². The largest absolute Gasteiger partial charge is 0.316 e. The van der Waals surface area contributed by atoms with Gasteiger partial charge >= 0.3 is 0 Å². The molecule has 25 heavy (non-hydrogen) atoms. The van der Waals surface area contributed by atoms with Gasteiger partial charge in [-0.1, -0.05) is 48.0 Å². The Labute approximate surface area is 152 Å². The molecule has 0 saturated heterocycles. The Morgan fingerprint density at radius 1 is 0.880 bits per heavy atom. The topological polar surface area (TPSA) is 17.3 Å². The molecule has 0 N–H and O–H groups in total. The van der Waals surface area contributed by atoms with Crippen LogP contribution in [0.2, 0.25) is 5.02 Å². The van der Waals surface area contributed by atoms with Gasteiger partial charge in [0, 0.05) is 16.9 Å². The van der Waals surface area contributed by atoms with Gasteiger partial charge in [-0.25, -0.2) is 0 Å². The zero-order chi connectivity index (χ0) is 17.2. The monoisotopic (exact) mass is 344 g/mol. The molecule has 0 atom stereocenters. The standard InChI is InChI=1S/C22H17ClN2/c1-16-8-10-19(14-22(16)23)24-15-21-7-4-12-25(21)20-11-9-17-5-2-3-6-18(17)13-20/h2-15H,1H3. The Morgan fingerprint density at radius 2 is 1.72 bits per heavy atom. The van der Waals surface area contributed by atoms with Crippen molar-refractivity contribution in [3.8, 4) is 5.69 Å². The predicted molar refractivity (Wildman–Crippen MR) is 107 cm³/mol. The van der Waals surface area contributed by atoms with Crippen LogP contribution in [0.5, 0.6) is 0 Å². The van der Waals surface area contributed by atoms with Crippen molar-refractivity contribution < 1.29 is 0 Å². The van der Waals surface area contributed by atoms with E-state index in [0.717, 1.165) is 27.7 Å². The molecule has 1 aromatic heterocycles. The third-order valence-corrected chi connectivity index (χ3v) is 4.70. The highest BCUT2D eigenvalue weighted by molar-refractivity contribution is 6.31. The van der Waals surface area contributed by atoms with E-state index in [1.807, 2.05) is 43.6 Å². The quantitative estimate of drug-likeness (QED) is 0.386. The first-order valence-electron chi connectivity index (χ1n) is 8.17. The number of aryl methyl sites for hydroxylation is 1. The summed E-state index contributed by atoms with van der Waals surface area (Å²) in [6.07, 6.45) is 3.92. The van der Waals surface area contributed by atoms with Crippen molar-refractivity contribution in [2.75, 3.05) is 0 Å². The molecule has 3 heteroatoms. The van der Waals surface area contributed by atoms with Crippen LogP contribution in [-0.2, 0) is 0 Å². The van der Waals surface area contributed by atoms with Crippen molar-refractivity contribution in [2.24, 2.45) is 4.99 Å². The number of benzene rings is 3. The van der Waals surface area contributed by atoms with Gasteiger partial charge in [-0.15, -0.1) is 0 Å². The van der Waals surface area contributed by atoms with E-state index < -0.39 is 0 Å². The lowest BCUT2D eigenvalue weighted by molar-refractivity contribution is 1.07. The lowest BCUT2D eigenvalue weighted by Gasteiger charge is -2.08. The molecule has 4 aromatic rings. The Morgan fingerprint density at radius 3 is 2.56 bits per heavy atom. The van der Waals surface area contributed by atoms with Gasteiger partial charge in [0.15, 0.2) is 0 Å². The van der Waals surface area contributed by atoms with Crippen LogP contribution in [0.15, 0.2) is 84.0 Å². The molecule has 0 radical (unpaired) electrons. The van der Waals surface area contributed by atoms with Crippen LogP contribution in [-0.4, -0.2) is 10.8 Å². The van der Waals surface area contributed by atoms with E-state index in [1.165, 1.54) is 10.8 Å². The summed E-state index contributed by atoms with van der Waals surface area (Å²) in [4.78, 5) is 4.57. The number of nitrogens with zero attached hydrogens (tertiary/aromatic N) is 2. The van der Waals surface area contributed by atoms with Crippen molar-refractivity contribution in [3.05, 3.63) is 95.3 Å². The number of halogens is 1. The van der Waals surface area contributed by atoms with Gasteiger partial charge in [-0.05, 0) is 59.7 Å². The first-order chi connectivity index (χ1) is 12.2. The molecule has 0 fully saturated rings. The summed E-state index contributed by atoms with van der Waals surface area (Å²) < 4.78 is 2.13. The summed E-state index contributed by atoms with van der Waals surface area (Å²) in [5.74, 6) is 0. The Bertz CT molecular complexity index is 1080. The molecule has 122 valence electrons. The minimum Gasteiger partial charge on any atom is -0.316 e. The van der Waals surface area contributed by atoms with Crippen molar-refractivity contribution in [3.63, 3.8) is 0 Å². The van der Waals surface area contributed by atoms with E-state index in [0.29, 0.717) is 0 Å². The molecule has 0 unspecified atom stereocenters. The molecule has 4 rings (SSSR count). The number of fused-ring (bicyclic) bond motifs is 1. The van der Waals surface area contributed by atoms with Gasteiger partial charge in [-0.3, -0.25) is 4.99 Å². The van der Waals surface area contributed by atoms with E-state index in [-0.39, 0.29) is 0 Å². The zero-order valence-corrected chi connectivity index (χ0v) is 14.6. The van der Waals surface area contributed by atoms with E-state index in [1.54, 1.807) is 0 Å². The van der Waals surface area contributed by atoms with Crippen molar-refractivity contribution in [2.45, 2.75) is 6.92 Å². The van der Waals surface area contributed by atoms with E-state index in [4.69, 9.17) is 11.6 Å². The Balaban J connectivity index is 1.69. The lowest BCUT2D eigenvalue weighted by atomic mass is 10.1. The average Bonchev–Trinajstić information content (AvgIpc) is 3.11. The summed E-state index contributed by atoms with van der Waals surface area (Å²) in [5, 5.41) is 3.20. The summed E-state index contributed by atoms with van der Waals surface area (Å²) in [6.45, 7) is 1.99. The molecule has 0 amide bonds. The molecule has 3 aromatic carbocycles. The van der Waals surface area contributed by atoms with E-state index in [2.05, 4.69) is 58.1 Å². The van der Waals surface area contributed by atoms with Gasteiger partial charge in [0.05, 0.1) is 17.6 Å². The van der Waals surface area contributed by atoms with Crippen LogP contribution in [0.25, 0.3) is 16.5 Å². The zero-order valence-electron chi connectivity index (χ0n) is 13.9. The molecular weight excluding hydrogens is 328 g/mol. The number of hydrogen-bond donors (Lipinski definition) is 0. The van der Waals surface area contributed by atoms with Crippen molar-refractivity contribution >= 4 is 34.3 Å². The molecule has 0 saturated carbocycles. The van der Waals surface area contributed by atoms with Crippen LogP contribution < -0.4 is 0 Å². The average molecular weight is 345 g/mol. The van der Waals surface area contributed by atoms with Crippen LogP contribution in [0.1, 0.15) is 11.3 Å². The number of rotatable bonds is 3.